The molecular formula is C13H16ClN3O. The summed E-state index contributed by atoms with van der Waals surface area (Å²) >= 11 is 5.94. The first-order valence-corrected chi connectivity index (χ1v) is 6.51. The molecule has 1 fully saturated rings. The first-order valence-electron chi connectivity index (χ1n) is 6.13. The number of aromatic nitrogens is 1. The molecule has 1 saturated heterocycles. The average molecular weight is 266 g/mol. The summed E-state index contributed by atoms with van der Waals surface area (Å²) in [5.74, 6) is 0. The van der Waals surface area contributed by atoms with Crippen LogP contribution in [0.4, 0.5) is 6.01 Å². The summed E-state index contributed by atoms with van der Waals surface area (Å²) in [6, 6.07) is 6.15. The van der Waals surface area contributed by atoms with Crippen molar-refractivity contribution in [1.29, 1.82) is 0 Å². The standard InChI is InChI=1S/C13H16ClN3O/c1-13(15)4-6-17(7-5-13)12-16-10-8-9(14)2-3-11(10)18-12/h2-3,8H,4-7,15H2,1H3. The third-order valence-electron chi connectivity index (χ3n) is 3.51. The van der Waals surface area contributed by atoms with E-state index in [1.54, 1.807) is 0 Å². The smallest absolute Gasteiger partial charge is 0.298 e. The van der Waals surface area contributed by atoms with E-state index < -0.39 is 0 Å². The fourth-order valence-electron chi connectivity index (χ4n) is 2.23. The molecule has 96 valence electrons. The van der Waals surface area contributed by atoms with Gasteiger partial charge in [0.2, 0.25) is 0 Å². The lowest BCUT2D eigenvalue weighted by Gasteiger charge is -2.35. The highest BCUT2D eigenvalue weighted by atomic mass is 35.5. The number of halogens is 1. The first-order chi connectivity index (χ1) is 8.53. The second-order valence-corrected chi connectivity index (χ2v) is 5.69. The van der Waals surface area contributed by atoms with Crippen LogP contribution < -0.4 is 10.6 Å². The van der Waals surface area contributed by atoms with E-state index in [4.69, 9.17) is 21.8 Å². The van der Waals surface area contributed by atoms with Crippen LogP contribution in [0, 0.1) is 0 Å². The Labute approximate surface area is 111 Å². The number of piperidine rings is 1. The summed E-state index contributed by atoms with van der Waals surface area (Å²) in [5, 5.41) is 0.676. The monoisotopic (exact) mass is 265 g/mol. The van der Waals surface area contributed by atoms with Crippen LogP contribution in [0.3, 0.4) is 0 Å². The Morgan fingerprint density at radius 3 is 2.83 bits per heavy atom. The first kappa shape index (κ1) is 11.8. The number of nitrogens with zero attached hydrogens (tertiary/aromatic N) is 2. The molecule has 2 aromatic rings. The molecule has 0 amide bonds. The molecule has 18 heavy (non-hydrogen) atoms. The molecule has 1 aromatic carbocycles. The zero-order chi connectivity index (χ0) is 12.8. The maximum atomic E-state index is 6.12. The lowest BCUT2D eigenvalue weighted by atomic mass is 9.91. The van der Waals surface area contributed by atoms with Crippen molar-refractivity contribution in [2.75, 3.05) is 18.0 Å². The molecular weight excluding hydrogens is 250 g/mol. The van der Waals surface area contributed by atoms with E-state index in [1.807, 2.05) is 18.2 Å². The van der Waals surface area contributed by atoms with Gasteiger partial charge in [-0.25, -0.2) is 0 Å². The Morgan fingerprint density at radius 2 is 2.11 bits per heavy atom. The number of benzene rings is 1. The molecule has 3 rings (SSSR count). The van der Waals surface area contributed by atoms with E-state index in [1.165, 1.54) is 0 Å². The maximum Gasteiger partial charge on any atom is 0.298 e. The second kappa shape index (κ2) is 4.14. The molecule has 4 nitrogen and oxygen atoms in total. The van der Waals surface area contributed by atoms with Gasteiger partial charge in [0.25, 0.3) is 6.01 Å². The minimum atomic E-state index is -0.0637. The number of nitrogens with two attached hydrogens (primary N) is 1. The zero-order valence-corrected chi connectivity index (χ0v) is 11.1. The number of hydrogen-bond acceptors (Lipinski definition) is 4. The fourth-order valence-corrected chi connectivity index (χ4v) is 2.40. The van der Waals surface area contributed by atoms with Gasteiger partial charge in [-0.3, -0.25) is 0 Å². The van der Waals surface area contributed by atoms with Crippen molar-refractivity contribution in [1.82, 2.24) is 4.98 Å². The van der Waals surface area contributed by atoms with Gasteiger partial charge < -0.3 is 15.1 Å². The average Bonchev–Trinajstić information content (AvgIpc) is 2.71. The van der Waals surface area contributed by atoms with Crippen molar-refractivity contribution in [3.05, 3.63) is 23.2 Å². The quantitative estimate of drug-likeness (QED) is 0.861. The Kier molecular flexibility index (Phi) is 2.72. The van der Waals surface area contributed by atoms with Crippen molar-refractivity contribution in [3.63, 3.8) is 0 Å². The van der Waals surface area contributed by atoms with Crippen LogP contribution in [0.1, 0.15) is 19.8 Å². The molecule has 1 aliphatic heterocycles. The molecule has 0 atom stereocenters. The highest BCUT2D eigenvalue weighted by Crippen LogP contribution is 2.28. The van der Waals surface area contributed by atoms with Crippen LogP contribution in [0.5, 0.6) is 0 Å². The van der Waals surface area contributed by atoms with Gasteiger partial charge >= 0.3 is 0 Å². The highest BCUT2D eigenvalue weighted by molar-refractivity contribution is 6.31. The van der Waals surface area contributed by atoms with Crippen molar-refractivity contribution in [2.45, 2.75) is 25.3 Å². The van der Waals surface area contributed by atoms with Gasteiger partial charge in [-0.2, -0.15) is 4.98 Å². The fraction of sp³-hybridized carbons (Fsp3) is 0.462. The number of anilines is 1. The van der Waals surface area contributed by atoms with Crippen molar-refractivity contribution >= 4 is 28.7 Å². The van der Waals surface area contributed by atoms with Crippen LogP contribution in [0.15, 0.2) is 22.6 Å². The van der Waals surface area contributed by atoms with Crippen LogP contribution in [0.25, 0.3) is 11.1 Å². The third kappa shape index (κ3) is 2.18. The Balaban J connectivity index is 1.87. The zero-order valence-electron chi connectivity index (χ0n) is 10.3. The van der Waals surface area contributed by atoms with E-state index >= 15 is 0 Å². The predicted octanol–water partition coefficient (Wildman–Crippen LogP) is 2.80. The maximum absolute atomic E-state index is 6.12. The molecule has 2 N–H and O–H groups in total. The molecule has 0 aliphatic carbocycles. The number of oxazole rings is 1. The lowest BCUT2D eigenvalue weighted by molar-refractivity contribution is 0.353. The minimum Gasteiger partial charge on any atom is -0.423 e. The predicted molar refractivity (Wildman–Crippen MR) is 73.1 cm³/mol. The van der Waals surface area contributed by atoms with Gasteiger partial charge in [0.1, 0.15) is 5.52 Å². The SMILES string of the molecule is CC1(N)CCN(c2nc3cc(Cl)ccc3o2)CC1. The van der Waals surface area contributed by atoms with Crippen molar-refractivity contribution in [3.8, 4) is 0 Å². The summed E-state index contributed by atoms with van der Waals surface area (Å²) in [7, 11) is 0. The van der Waals surface area contributed by atoms with Crippen molar-refractivity contribution < 1.29 is 4.42 Å². The molecule has 5 heteroatoms. The van der Waals surface area contributed by atoms with E-state index in [0.717, 1.165) is 37.0 Å². The second-order valence-electron chi connectivity index (χ2n) is 5.25. The molecule has 0 unspecified atom stereocenters. The van der Waals surface area contributed by atoms with Gasteiger partial charge in [0.15, 0.2) is 5.58 Å². The topological polar surface area (TPSA) is 55.3 Å². The van der Waals surface area contributed by atoms with E-state index in [-0.39, 0.29) is 5.54 Å². The van der Waals surface area contributed by atoms with Gasteiger partial charge in [0, 0.05) is 23.7 Å². The van der Waals surface area contributed by atoms with Gasteiger partial charge in [-0.15, -0.1) is 0 Å². The summed E-state index contributed by atoms with van der Waals surface area (Å²) in [6.07, 6.45) is 1.90. The number of fused-ring (bicyclic) bond motifs is 1. The summed E-state index contributed by atoms with van der Waals surface area (Å²) in [4.78, 5) is 6.62. The molecule has 0 saturated carbocycles. The van der Waals surface area contributed by atoms with Crippen LogP contribution in [-0.4, -0.2) is 23.6 Å². The Bertz CT molecular complexity index is 569. The molecule has 0 spiro atoms. The van der Waals surface area contributed by atoms with Crippen LogP contribution in [0.2, 0.25) is 5.02 Å². The number of hydrogen-bond donors (Lipinski definition) is 1. The third-order valence-corrected chi connectivity index (χ3v) is 3.75. The Morgan fingerprint density at radius 1 is 1.39 bits per heavy atom. The van der Waals surface area contributed by atoms with Gasteiger partial charge in [-0.1, -0.05) is 11.6 Å². The summed E-state index contributed by atoms with van der Waals surface area (Å²) in [6.45, 7) is 3.86. The largest absolute Gasteiger partial charge is 0.423 e. The van der Waals surface area contributed by atoms with E-state index in [9.17, 15) is 0 Å². The van der Waals surface area contributed by atoms with Crippen LogP contribution >= 0.6 is 11.6 Å². The van der Waals surface area contributed by atoms with E-state index in [2.05, 4.69) is 16.8 Å². The van der Waals surface area contributed by atoms with Gasteiger partial charge in [0.05, 0.1) is 0 Å². The normalized spacial score (nSPS) is 19.4. The van der Waals surface area contributed by atoms with E-state index in [0.29, 0.717) is 11.0 Å². The molecule has 0 radical (unpaired) electrons. The van der Waals surface area contributed by atoms with Gasteiger partial charge in [-0.05, 0) is 38.0 Å². The highest BCUT2D eigenvalue weighted by Gasteiger charge is 2.28. The molecule has 2 heterocycles. The molecule has 1 aliphatic rings. The molecule has 0 bridgehead atoms. The molecule has 1 aromatic heterocycles. The lowest BCUT2D eigenvalue weighted by Crippen LogP contribution is -2.48. The minimum absolute atomic E-state index is 0.0637. The van der Waals surface area contributed by atoms with Crippen LogP contribution in [-0.2, 0) is 0 Å². The Hall–Kier alpha value is -1.26. The summed E-state index contributed by atoms with van der Waals surface area (Å²) < 4.78 is 5.75. The van der Waals surface area contributed by atoms with Crippen molar-refractivity contribution in [2.24, 2.45) is 5.73 Å². The summed E-state index contributed by atoms with van der Waals surface area (Å²) in [5.41, 5.74) is 7.63. The number of rotatable bonds is 1.